The van der Waals surface area contributed by atoms with Gasteiger partial charge < -0.3 is 9.84 Å². The number of hydrogen-bond donors (Lipinski definition) is 1. The summed E-state index contributed by atoms with van der Waals surface area (Å²) in [6, 6.07) is 1.67. The SMILES string of the molecule is CC(F)CCc1c(F)c2c(NCc3ccon3)nc(Cl)nn2c1Br. The lowest BCUT2D eigenvalue weighted by molar-refractivity contribution is 0.340. The first kappa shape index (κ1) is 17.1. The van der Waals surface area contributed by atoms with Crippen molar-refractivity contribution in [3.8, 4) is 0 Å². The van der Waals surface area contributed by atoms with Gasteiger partial charge in [-0.1, -0.05) is 5.16 Å². The molecule has 0 spiro atoms. The molecule has 1 atom stereocenters. The van der Waals surface area contributed by atoms with Crippen LogP contribution in [0.1, 0.15) is 24.6 Å². The Balaban J connectivity index is 2.00. The van der Waals surface area contributed by atoms with Crippen molar-refractivity contribution < 1.29 is 13.3 Å². The highest BCUT2D eigenvalue weighted by Gasteiger charge is 2.22. The van der Waals surface area contributed by atoms with Crippen LogP contribution in [0.4, 0.5) is 14.6 Å². The molecule has 6 nitrogen and oxygen atoms in total. The Labute approximate surface area is 149 Å². The maximum Gasteiger partial charge on any atom is 0.243 e. The molecule has 0 saturated carbocycles. The van der Waals surface area contributed by atoms with Crippen molar-refractivity contribution in [2.45, 2.75) is 32.5 Å². The molecule has 0 aliphatic carbocycles. The third-order valence-corrected chi connectivity index (χ3v) is 4.43. The number of alkyl halides is 1. The Kier molecular flexibility index (Phi) is 5.00. The van der Waals surface area contributed by atoms with E-state index in [2.05, 4.69) is 36.5 Å². The number of halogens is 4. The van der Waals surface area contributed by atoms with Crippen molar-refractivity contribution in [3.05, 3.63) is 39.3 Å². The zero-order chi connectivity index (χ0) is 17.3. The van der Waals surface area contributed by atoms with Gasteiger partial charge in [0.1, 0.15) is 22.1 Å². The molecule has 0 radical (unpaired) electrons. The summed E-state index contributed by atoms with van der Waals surface area (Å²) in [4.78, 5) is 4.04. The third-order valence-electron chi connectivity index (χ3n) is 3.45. The molecule has 3 heterocycles. The molecular weight excluding hydrogens is 408 g/mol. The average Bonchev–Trinajstić information content (AvgIpc) is 3.12. The quantitative estimate of drug-likeness (QED) is 0.648. The predicted molar refractivity (Wildman–Crippen MR) is 88.4 cm³/mol. The van der Waals surface area contributed by atoms with Gasteiger partial charge >= 0.3 is 0 Å². The second kappa shape index (κ2) is 7.02. The van der Waals surface area contributed by atoms with Crippen LogP contribution in [-0.2, 0) is 13.0 Å². The van der Waals surface area contributed by atoms with Gasteiger partial charge in [0.2, 0.25) is 5.28 Å². The topological polar surface area (TPSA) is 68.2 Å². The van der Waals surface area contributed by atoms with E-state index in [0.717, 1.165) is 0 Å². The van der Waals surface area contributed by atoms with Gasteiger partial charge in [0.15, 0.2) is 11.6 Å². The number of aromatic nitrogens is 4. The van der Waals surface area contributed by atoms with Gasteiger partial charge in [-0.2, -0.15) is 4.98 Å². The highest BCUT2D eigenvalue weighted by Crippen LogP contribution is 2.32. The van der Waals surface area contributed by atoms with E-state index in [-0.39, 0.29) is 36.0 Å². The normalized spacial score (nSPS) is 12.7. The van der Waals surface area contributed by atoms with Crippen LogP contribution in [0.5, 0.6) is 0 Å². The summed E-state index contributed by atoms with van der Waals surface area (Å²) in [7, 11) is 0. The summed E-state index contributed by atoms with van der Waals surface area (Å²) < 4.78 is 34.4. The number of anilines is 1. The first-order valence-electron chi connectivity index (χ1n) is 7.16. The Morgan fingerprint density at radius 1 is 1.50 bits per heavy atom. The Morgan fingerprint density at radius 2 is 2.29 bits per heavy atom. The molecule has 0 saturated heterocycles. The lowest BCUT2D eigenvalue weighted by atomic mass is 10.1. The molecule has 0 bridgehead atoms. The molecule has 24 heavy (non-hydrogen) atoms. The number of rotatable bonds is 6. The molecule has 1 unspecified atom stereocenters. The summed E-state index contributed by atoms with van der Waals surface area (Å²) >= 11 is 9.23. The van der Waals surface area contributed by atoms with Crippen LogP contribution in [0, 0.1) is 5.82 Å². The summed E-state index contributed by atoms with van der Waals surface area (Å²) in [5.41, 5.74) is 1.09. The van der Waals surface area contributed by atoms with E-state index in [1.165, 1.54) is 17.7 Å². The molecule has 0 aliphatic rings. The fraction of sp³-hybridized carbons (Fsp3) is 0.357. The standard InChI is InChI=1S/C14H13BrClF2N5O/c1-7(17)2-3-9-10(18)11-13(19-6-8-4-5-24-22-8)20-14(16)21-23(11)12(9)15/h4-5,7H,2-3,6H2,1H3,(H,19,20,21). The molecule has 0 fully saturated rings. The van der Waals surface area contributed by atoms with E-state index in [4.69, 9.17) is 16.1 Å². The fourth-order valence-electron chi connectivity index (χ4n) is 2.28. The zero-order valence-electron chi connectivity index (χ0n) is 12.6. The summed E-state index contributed by atoms with van der Waals surface area (Å²) in [6.45, 7) is 1.71. The van der Waals surface area contributed by atoms with Gasteiger partial charge in [0.25, 0.3) is 0 Å². The monoisotopic (exact) mass is 419 g/mol. The van der Waals surface area contributed by atoms with Gasteiger partial charge in [-0.3, -0.25) is 0 Å². The van der Waals surface area contributed by atoms with Crippen LogP contribution < -0.4 is 5.32 Å². The van der Waals surface area contributed by atoms with Gasteiger partial charge in [0.05, 0.1) is 12.7 Å². The van der Waals surface area contributed by atoms with E-state index < -0.39 is 12.0 Å². The van der Waals surface area contributed by atoms with Crippen LogP contribution in [0.15, 0.2) is 21.5 Å². The maximum atomic E-state index is 14.8. The minimum absolute atomic E-state index is 0.0498. The number of fused-ring (bicyclic) bond motifs is 1. The van der Waals surface area contributed by atoms with Gasteiger partial charge in [-0.25, -0.2) is 13.3 Å². The number of nitrogens with one attached hydrogen (secondary N) is 1. The predicted octanol–water partition coefficient (Wildman–Crippen LogP) is 4.18. The van der Waals surface area contributed by atoms with Crippen molar-refractivity contribution in [1.29, 1.82) is 0 Å². The molecule has 128 valence electrons. The molecule has 3 aromatic rings. The number of hydrogen-bond acceptors (Lipinski definition) is 5. The largest absolute Gasteiger partial charge is 0.364 e. The van der Waals surface area contributed by atoms with E-state index >= 15 is 0 Å². The summed E-state index contributed by atoms with van der Waals surface area (Å²) in [6.07, 6.45) is 0.839. The minimum Gasteiger partial charge on any atom is -0.364 e. The lowest BCUT2D eigenvalue weighted by Crippen LogP contribution is -2.06. The second-order valence-electron chi connectivity index (χ2n) is 5.24. The van der Waals surface area contributed by atoms with Crippen LogP contribution in [0.25, 0.3) is 5.52 Å². The van der Waals surface area contributed by atoms with Crippen molar-refractivity contribution in [1.82, 2.24) is 19.8 Å². The molecule has 3 rings (SSSR count). The highest BCUT2D eigenvalue weighted by molar-refractivity contribution is 9.10. The first-order chi connectivity index (χ1) is 11.5. The Bertz CT molecular complexity index is 853. The molecular formula is C14H13BrClF2N5O. The Hall–Kier alpha value is -1.74. The molecule has 0 amide bonds. The van der Waals surface area contributed by atoms with E-state index in [1.807, 2.05) is 0 Å². The van der Waals surface area contributed by atoms with Crippen LogP contribution in [-0.4, -0.2) is 25.9 Å². The number of nitrogens with zero attached hydrogens (tertiary/aromatic N) is 4. The van der Waals surface area contributed by atoms with Crippen LogP contribution in [0.3, 0.4) is 0 Å². The average molecular weight is 421 g/mol. The van der Waals surface area contributed by atoms with E-state index in [0.29, 0.717) is 15.9 Å². The second-order valence-corrected chi connectivity index (χ2v) is 6.33. The van der Waals surface area contributed by atoms with E-state index in [9.17, 15) is 8.78 Å². The zero-order valence-corrected chi connectivity index (χ0v) is 14.9. The molecule has 0 aliphatic heterocycles. The maximum absolute atomic E-state index is 14.8. The molecule has 1 N–H and O–H groups in total. The van der Waals surface area contributed by atoms with Gasteiger partial charge in [-0.05, 0) is 47.3 Å². The van der Waals surface area contributed by atoms with Crippen LogP contribution >= 0.6 is 27.5 Å². The lowest BCUT2D eigenvalue weighted by Gasteiger charge is -2.06. The third kappa shape index (κ3) is 3.36. The summed E-state index contributed by atoms with van der Waals surface area (Å²) in [5, 5.41) is 10.7. The van der Waals surface area contributed by atoms with Crippen molar-refractivity contribution >= 4 is 38.9 Å². The van der Waals surface area contributed by atoms with Gasteiger partial charge in [0, 0.05) is 11.6 Å². The van der Waals surface area contributed by atoms with Crippen molar-refractivity contribution in [2.75, 3.05) is 5.32 Å². The molecule has 10 heteroatoms. The first-order valence-corrected chi connectivity index (χ1v) is 8.33. The minimum atomic E-state index is -1.03. The fourth-order valence-corrected chi connectivity index (χ4v) is 3.07. The molecule has 0 aromatic carbocycles. The smallest absolute Gasteiger partial charge is 0.243 e. The van der Waals surface area contributed by atoms with Crippen molar-refractivity contribution in [3.63, 3.8) is 0 Å². The highest BCUT2D eigenvalue weighted by atomic mass is 79.9. The molecule has 3 aromatic heterocycles. The van der Waals surface area contributed by atoms with Crippen molar-refractivity contribution in [2.24, 2.45) is 0 Å². The Morgan fingerprint density at radius 3 is 2.96 bits per heavy atom. The van der Waals surface area contributed by atoms with Crippen LogP contribution in [0.2, 0.25) is 5.28 Å². The van der Waals surface area contributed by atoms with Gasteiger partial charge in [-0.15, -0.1) is 5.10 Å². The van der Waals surface area contributed by atoms with E-state index in [1.54, 1.807) is 6.07 Å². The summed E-state index contributed by atoms with van der Waals surface area (Å²) in [5.74, 6) is -0.294.